The number of hydrogen-bond donors (Lipinski definition) is 1. The molecule has 1 saturated heterocycles. The first-order valence-electron chi connectivity index (χ1n) is 5.90. The monoisotopic (exact) mass is 227 g/mol. The van der Waals surface area contributed by atoms with Gasteiger partial charge < -0.3 is 5.11 Å². The van der Waals surface area contributed by atoms with Crippen LogP contribution in [0.2, 0.25) is 0 Å². The Hall–Kier alpha value is -0.900. The van der Waals surface area contributed by atoms with E-state index in [1.54, 1.807) is 0 Å². The van der Waals surface area contributed by atoms with E-state index >= 15 is 0 Å². The second-order valence-corrected chi connectivity index (χ2v) is 5.22. The third kappa shape index (κ3) is 3.59. The average molecular weight is 227 g/mol. The van der Waals surface area contributed by atoms with Crippen molar-refractivity contribution in [3.05, 3.63) is 0 Å². The summed E-state index contributed by atoms with van der Waals surface area (Å²) < 4.78 is 0. The quantitative estimate of drug-likeness (QED) is 0.737. The molecule has 0 bridgehead atoms. The highest BCUT2D eigenvalue weighted by molar-refractivity contribution is 5.96. The molecule has 4 heteroatoms. The number of aliphatic hydroxyl groups is 1. The Morgan fingerprint density at radius 3 is 2.12 bits per heavy atom. The van der Waals surface area contributed by atoms with Crippen molar-refractivity contribution in [1.82, 2.24) is 4.90 Å². The van der Waals surface area contributed by atoms with Gasteiger partial charge in [0.2, 0.25) is 11.8 Å². The van der Waals surface area contributed by atoms with Gasteiger partial charge in [-0.3, -0.25) is 14.5 Å². The van der Waals surface area contributed by atoms with Gasteiger partial charge in [0.1, 0.15) is 0 Å². The predicted octanol–water partition coefficient (Wildman–Crippen LogP) is 1.32. The van der Waals surface area contributed by atoms with Crippen LogP contribution < -0.4 is 0 Å². The summed E-state index contributed by atoms with van der Waals surface area (Å²) in [6, 6.07) is 0. The topological polar surface area (TPSA) is 57.6 Å². The molecule has 92 valence electrons. The van der Waals surface area contributed by atoms with Crippen LogP contribution in [0.4, 0.5) is 0 Å². The van der Waals surface area contributed by atoms with E-state index in [0.29, 0.717) is 25.8 Å². The summed E-state index contributed by atoms with van der Waals surface area (Å²) in [5.41, 5.74) is -0.204. The lowest BCUT2D eigenvalue weighted by molar-refractivity contribution is -0.145. The molecule has 1 N–H and O–H groups in total. The molecule has 0 atom stereocenters. The molecule has 0 unspecified atom stereocenters. The molecule has 1 aliphatic rings. The summed E-state index contributed by atoms with van der Waals surface area (Å²) in [4.78, 5) is 24.9. The number of nitrogens with zero attached hydrogens (tertiary/aromatic N) is 1. The molecule has 0 spiro atoms. The van der Waals surface area contributed by atoms with E-state index in [-0.39, 0.29) is 23.8 Å². The maximum Gasteiger partial charge on any atom is 0.229 e. The van der Waals surface area contributed by atoms with Gasteiger partial charge in [-0.15, -0.1) is 0 Å². The summed E-state index contributed by atoms with van der Waals surface area (Å²) in [7, 11) is 0. The Kier molecular flexibility index (Phi) is 4.47. The van der Waals surface area contributed by atoms with Crippen molar-refractivity contribution in [3.63, 3.8) is 0 Å². The standard InChI is InChI=1S/C12H21NO3/c1-12(2,7-8-14)9-13-10(15)5-3-4-6-11(13)16/h14H,3-9H2,1-2H3. The summed E-state index contributed by atoms with van der Waals surface area (Å²) in [6.45, 7) is 4.44. The van der Waals surface area contributed by atoms with E-state index in [1.807, 2.05) is 13.8 Å². The van der Waals surface area contributed by atoms with E-state index in [2.05, 4.69) is 0 Å². The number of aliphatic hydroxyl groups excluding tert-OH is 1. The first-order chi connectivity index (χ1) is 7.46. The molecule has 16 heavy (non-hydrogen) atoms. The fourth-order valence-corrected chi connectivity index (χ4v) is 1.95. The van der Waals surface area contributed by atoms with Crippen LogP contribution >= 0.6 is 0 Å². The average Bonchev–Trinajstić information content (AvgIpc) is 2.32. The van der Waals surface area contributed by atoms with E-state index in [4.69, 9.17) is 5.11 Å². The Balaban J connectivity index is 2.68. The zero-order valence-electron chi connectivity index (χ0n) is 10.2. The van der Waals surface area contributed by atoms with Gasteiger partial charge in [0.25, 0.3) is 0 Å². The molecule has 0 saturated carbocycles. The highest BCUT2D eigenvalue weighted by Gasteiger charge is 2.29. The SMILES string of the molecule is CC(C)(CCO)CN1C(=O)CCCCC1=O. The molecule has 1 rings (SSSR count). The van der Waals surface area contributed by atoms with Crippen LogP contribution in [-0.2, 0) is 9.59 Å². The zero-order valence-corrected chi connectivity index (χ0v) is 10.2. The molecule has 2 amide bonds. The van der Waals surface area contributed by atoms with Gasteiger partial charge in [-0.05, 0) is 24.7 Å². The summed E-state index contributed by atoms with van der Waals surface area (Å²) >= 11 is 0. The summed E-state index contributed by atoms with van der Waals surface area (Å²) in [6.07, 6.45) is 3.16. The van der Waals surface area contributed by atoms with Gasteiger partial charge in [0.15, 0.2) is 0 Å². The van der Waals surface area contributed by atoms with Crippen molar-refractivity contribution < 1.29 is 14.7 Å². The smallest absolute Gasteiger partial charge is 0.229 e. The Morgan fingerprint density at radius 1 is 1.19 bits per heavy atom. The predicted molar refractivity (Wildman–Crippen MR) is 60.7 cm³/mol. The van der Waals surface area contributed by atoms with Crippen LogP contribution in [-0.4, -0.2) is 35.0 Å². The molecular weight excluding hydrogens is 206 g/mol. The fourth-order valence-electron chi connectivity index (χ4n) is 1.95. The highest BCUT2D eigenvalue weighted by Crippen LogP contribution is 2.24. The Labute approximate surface area is 96.6 Å². The highest BCUT2D eigenvalue weighted by atomic mass is 16.3. The molecule has 0 aromatic heterocycles. The minimum Gasteiger partial charge on any atom is -0.396 e. The number of imide groups is 1. The molecule has 0 aliphatic carbocycles. The van der Waals surface area contributed by atoms with Crippen molar-refractivity contribution in [2.24, 2.45) is 5.41 Å². The minimum atomic E-state index is -0.204. The second-order valence-electron chi connectivity index (χ2n) is 5.22. The van der Waals surface area contributed by atoms with Crippen molar-refractivity contribution >= 4 is 11.8 Å². The largest absolute Gasteiger partial charge is 0.396 e. The maximum absolute atomic E-state index is 11.7. The molecule has 4 nitrogen and oxygen atoms in total. The van der Waals surface area contributed by atoms with Gasteiger partial charge in [-0.2, -0.15) is 0 Å². The fraction of sp³-hybridized carbons (Fsp3) is 0.833. The number of likely N-dealkylation sites (tertiary alicyclic amines) is 1. The third-order valence-corrected chi connectivity index (χ3v) is 3.01. The summed E-state index contributed by atoms with van der Waals surface area (Å²) in [5, 5.41) is 8.93. The normalized spacial score (nSPS) is 18.8. The molecule has 1 fully saturated rings. The van der Waals surface area contributed by atoms with E-state index < -0.39 is 0 Å². The van der Waals surface area contributed by atoms with Crippen molar-refractivity contribution in [2.75, 3.05) is 13.2 Å². The molecular formula is C12H21NO3. The lowest BCUT2D eigenvalue weighted by Crippen LogP contribution is -2.42. The van der Waals surface area contributed by atoms with Gasteiger partial charge >= 0.3 is 0 Å². The molecule has 1 aliphatic heterocycles. The minimum absolute atomic E-state index is 0.0616. The third-order valence-electron chi connectivity index (χ3n) is 3.01. The van der Waals surface area contributed by atoms with E-state index in [9.17, 15) is 9.59 Å². The lowest BCUT2D eigenvalue weighted by Gasteiger charge is -2.30. The van der Waals surface area contributed by atoms with Crippen LogP contribution in [0.15, 0.2) is 0 Å². The Morgan fingerprint density at radius 2 is 1.69 bits per heavy atom. The first kappa shape index (κ1) is 13.2. The number of carbonyl (C=O) groups excluding carboxylic acids is 2. The van der Waals surface area contributed by atoms with Gasteiger partial charge in [0.05, 0.1) is 0 Å². The van der Waals surface area contributed by atoms with Crippen molar-refractivity contribution in [3.8, 4) is 0 Å². The van der Waals surface area contributed by atoms with Crippen LogP contribution in [0, 0.1) is 5.41 Å². The second kappa shape index (κ2) is 5.43. The maximum atomic E-state index is 11.7. The summed E-state index contributed by atoms with van der Waals surface area (Å²) in [5.74, 6) is -0.123. The first-order valence-corrected chi connectivity index (χ1v) is 5.90. The van der Waals surface area contributed by atoms with Gasteiger partial charge in [-0.1, -0.05) is 13.8 Å². The van der Waals surface area contributed by atoms with E-state index in [0.717, 1.165) is 12.8 Å². The van der Waals surface area contributed by atoms with Crippen LogP contribution in [0.25, 0.3) is 0 Å². The molecule has 1 heterocycles. The van der Waals surface area contributed by atoms with Crippen LogP contribution in [0.5, 0.6) is 0 Å². The number of hydrogen-bond acceptors (Lipinski definition) is 3. The number of carbonyl (C=O) groups is 2. The Bertz CT molecular complexity index is 255. The molecule has 0 aromatic rings. The molecule has 0 aromatic carbocycles. The lowest BCUT2D eigenvalue weighted by atomic mass is 9.89. The van der Waals surface area contributed by atoms with Crippen molar-refractivity contribution in [2.45, 2.75) is 46.0 Å². The van der Waals surface area contributed by atoms with Crippen LogP contribution in [0.3, 0.4) is 0 Å². The van der Waals surface area contributed by atoms with Crippen molar-refractivity contribution in [1.29, 1.82) is 0 Å². The van der Waals surface area contributed by atoms with Crippen LogP contribution in [0.1, 0.15) is 46.0 Å². The number of amides is 2. The number of rotatable bonds is 4. The molecule has 0 radical (unpaired) electrons. The van der Waals surface area contributed by atoms with E-state index in [1.165, 1.54) is 4.90 Å². The van der Waals surface area contributed by atoms with Gasteiger partial charge in [-0.25, -0.2) is 0 Å². The zero-order chi connectivity index (χ0) is 12.2. The van der Waals surface area contributed by atoms with Gasteiger partial charge in [0, 0.05) is 26.0 Å².